The van der Waals surface area contributed by atoms with Crippen LogP contribution in [0.1, 0.15) is 35.9 Å². The van der Waals surface area contributed by atoms with Gasteiger partial charge in [-0.15, -0.1) is 0 Å². The number of carbonyl (C=O) groups is 2. The normalized spacial score (nSPS) is 11.4. The molecule has 28 heavy (non-hydrogen) atoms. The van der Waals surface area contributed by atoms with Crippen molar-refractivity contribution in [3.8, 4) is 0 Å². The molecular formula is C21H21N5O2. The topological polar surface area (TPSA) is 96.0 Å². The molecule has 7 heteroatoms. The molecule has 7 nitrogen and oxygen atoms in total. The van der Waals surface area contributed by atoms with E-state index in [4.69, 9.17) is 0 Å². The first-order valence-corrected chi connectivity index (χ1v) is 8.84. The molecule has 2 aromatic carbocycles. The molecule has 3 N–H and O–H groups in total. The Labute approximate surface area is 163 Å². The molecule has 2 amide bonds. The molecule has 1 unspecified atom stereocenters. The Morgan fingerprint density at radius 2 is 1.54 bits per heavy atom. The number of rotatable bonds is 6. The highest BCUT2D eigenvalue weighted by atomic mass is 16.2. The summed E-state index contributed by atoms with van der Waals surface area (Å²) in [4.78, 5) is 31.8. The predicted octanol–water partition coefficient (Wildman–Crippen LogP) is 3.86. The fraction of sp³-hybridized carbons (Fsp3) is 0.143. The Morgan fingerprint density at radius 3 is 2.18 bits per heavy atom. The second-order valence-corrected chi connectivity index (χ2v) is 6.28. The van der Waals surface area contributed by atoms with Gasteiger partial charge < -0.3 is 16.0 Å². The van der Waals surface area contributed by atoms with E-state index in [1.807, 2.05) is 37.3 Å². The van der Waals surface area contributed by atoms with E-state index in [0.717, 1.165) is 5.56 Å². The summed E-state index contributed by atoms with van der Waals surface area (Å²) < 4.78 is 0. The van der Waals surface area contributed by atoms with Crippen LogP contribution in [0.25, 0.3) is 0 Å². The van der Waals surface area contributed by atoms with Crippen LogP contribution in [-0.4, -0.2) is 21.8 Å². The van der Waals surface area contributed by atoms with Gasteiger partial charge in [0, 0.05) is 30.4 Å². The van der Waals surface area contributed by atoms with Crippen LogP contribution in [-0.2, 0) is 4.79 Å². The third-order valence-electron chi connectivity index (χ3n) is 4.03. The summed E-state index contributed by atoms with van der Waals surface area (Å²) in [6.45, 7) is 3.46. The molecule has 0 fully saturated rings. The molecule has 142 valence electrons. The van der Waals surface area contributed by atoms with E-state index < -0.39 is 0 Å². The standard InChI is InChI=1S/C21H21N5O2/c1-14(16-6-4-3-5-7-16)24-20-12-19(22-13-23-20)21(28)26-18-10-8-17(9-11-18)25-15(2)27/h3-14H,1-2H3,(H,25,27)(H,26,28)(H,22,23,24). The summed E-state index contributed by atoms with van der Waals surface area (Å²) in [6, 6.07) is 18.5. The van der Waals surface area contributed by atoms with Gasteiger partial charge in [-0.25, -0.2) is 9.97 Å². The quantitative estimate of drug-likeness (QED) is 0.608. The Bertz CT molecular complexity index is 958. The first kappa shape index (κ1) is 19.0. The van der Waals surface area contributed by atoms with Gasteiger partial charge in [-0.2, -0.15) is 0 Å². The van der Waals surface area contributed by atoms with Crippen LogP contribution < -0.4 is 16.0 Å². The van der Waals surface area contributed by atoms with Crippen LogP contribution >= 0.6 is 0 Å². The Balaban J connectivity index is 1.66. The highest BCUT2D eigenvalue weighted by Crippen LogP contribution is 2.18. The molecule has 0 spiro atoms. The van der Waals surface area contributed by atoms with Gasteiger partial charge in [0.15, 0.2) is 0 Å². The SMILES string of the molecule is CC(=O)Nc1ccc(NC(=O)c2cc(NC(C)c3ccccc3)ncn2)cc1. The molecule has 3 aromatic rings. The molecule has 3 rings (SSSR count). The number of amides is 2. The van der Waals surface area contributed by atoms with Crippen molar-refractivity contribution in [1.29, 1.82) is 0 Å². The number of nitrogens with one attached hydrogen (secondary N) is 3. The van der Waals surface area contributed by atoms with E-state index in [-0.39, 0.29) is 23.6 Å². The second-order valence-electron chi connectivity index (χ2n) is 6.28. The summed E-state index contributed by atoms with van der Waals surface area (Å²) in [5, 5.41) is 8.73. The van der Waals surface area contributed by atoms with Crippen molar-refractivity contribution >= 4 is 29.0 Å². The number of carbonyl (C=O) groups excluding carboxylic acids is 2. The lowest BCUT2D eigenvalue weighted by Crippen LogP contribution is -2.15. The van der Waals surface area contributed by atoms with Crippen LogP contribution in [0, 0.1) is 0 Å². The summed E-state index contributed by atoms with van der Waals surface area (Å²) in [6.07, 6.45) is 1.36. The van der Waals surface area contributed by atoms with Crippen molar-refractivity contribution in [2.24, 2.45) is 0 Å². The Kier molecular flexibility index (Phi) is 5.96. The summed E-state index contributed by atoms with van der Waals surface area (Å²) in [5.74, 6) is 0.0742. The molecule has 1 aromatic heterocycles. The average molecular weight is 375 g/mol. The Morgan fingerprint density at radius 1 is 0.893 bits per heavy atom. The first-order chi connectivity index (χ1) is 13.5. The Hall–Kier alpha value is -3.74. The monoisotopic (exact) mass is 375 g/mol. The second kappa shape index (κ2) is 8.77. The minimum Gasteiger partial charge on any atom is -0.363 e. The van der Waals surface area contributed by atoms with Crippen molar-refractivity contribution in [2.75, 3.05) is 16.0 Å². The zero-order chi connectivity index (χ0) is 19.9. The number of anilines is 3. The smallest absolute Gasteiger partial charge is 0.274 e. The molecular weight excluding hydrogens is 354 g/mol. The van der Waals surface area contributed by atoms with Gasteiger partial charge in [0.2, 0.25) is 5.91 Å². The van der Waals surface area contributed by atoms with Gasteiger partial charge in [0.05, 0.1) is 0 Å². The third kappa shape index (κ3) is 5.14. The fourth-order valence-electron chi connectivity index (χ4n) is 2.64. The third-order valence-corrected chi connectivity index (χ3v) is 4.03. The largest absolute Gasteiger partial charge is 0.363 e. The number of hydrogen-bond acceptors (Lipinski definition) is 5. The van der Waals surface area contributed by atoms with Gasteiger partial charge in [-0.3, -0.25) is 9.59 Å². The summed E-state index contributed by atoms with van der Waals surface area (Å²) in [5.41, 5.74) is 2.63. The first-order valence-electron chi connectivity index (χ1n) is 8.84. The van der Waals surface area contributed by atoms with Gasteiger partial charge in [-0.1, -0.05) is 30.3 Å². The number of benzene rings is 2. The van der Waals surface area contributed by atoms with Crippen LogP contribution in [0.4, 0.5) is 17.2 Å². The minimum atomic E-state index is -0.343. The van der Waals surface area contributed by atoms with E-state index >= 15 is 0 Å². The molecule has 0 aliphatic heterocycles. The van der Waals surface area contributed by atoms with E-state index in [2.05, 4.69) is 25.9 Å². The fourth-order valence-corrected chi connectivity index (χ4v) is 2.64. The van der Waals surface area contributed by atoms with E-state index in [1.54, 1.807) is 30.3 Å². The highest BCUT2D eigenvalue weighted by Gasteiger charge is 2.11. The molecule has 1 heterocycles. The minimum absolute atomic E-state index is 0.0355. The number of nitrogens with zero attached hydrogens (tertiary/aromatic N) is 2. The van der Waals surface area contributed by atoms with Gasteiger partial charge in [-0.05, 0) is 36.8 Å². The maximum absolute atomic E-state index is 12.5. The zero-order valence-electron chi connectivity index (χ0n) is 15.6. The average Bonchev–Trinajstić information content (AvgIpc) is 2.70. The molecule has 1 atom stereocenters. The summed E-state index contributed by atoms with van der Waals surface area (Å²) >= 11 is 0. The van der Waals surface area contributed by atoms with Crippen LogP contribution in [0.5, 0.6) is 0 Å². The van der Waals surface area contributed by atoms with Crippen LogP contribution in [0.15, 0.2) is 67.0 Å². The molecule has 0 saturated carbocycles. The lowest BCUT2D eigenvalue weighted by Gasteiger charge is -2.15. The highest BCUT2D eigenvalue weighted by molar-refractivity contribution is 6.03. The molecule has 0 bridgehead atoms. The maximum atomic E-state index is 12.5. The van der Waals surface area contributed by atoms with Gasteiger partial charge in [0.25, 0.3) is 5.91 Å². The zero-order valence-corrected chi connectivity index (χ0v) is 15.6. The van der Waals surface area contributed by atoms with Crippen LogP contribution in [0.3, 0.4) is 0 Å². The van der Waals surface area contributed by atoms with E-state index in [9.17, 15) is 9.59 Å². The van der Waals surface area contributed by atoms with E-state index in [1.165, 1.54) is 13.3 Å². The van der Waals surface area contributed by atoms with Crippen LogP contribution in [0.2, 0.25) is 0 Å². The lowest BCUT2D eigenvalue weighted by molar-refractivity contribution is -0.114. The van der Waals surface area contributed by atoms with Crippen molar-refractivity contribution in [3.63, 3.8) is 0 Å². The van der Waals surface area contributed by atoms with Crippen molar-refractivity contribution in [2.45, 2.75) is 19.9 Å². The van der Waals surface area contributed by atoms with Crippen molar-refractivity contribution in [3.05, 3.63) is 78.2 Å². The maximum Gasteiger partial charge on any atom is 0.274 e. The molecule has 0 radical (unpaired) electrons. The summed E-state index contributed by atoms with van der Waals surface area (Å²) in [7, 11) is 0. The van der Waals surface area contributed by atoms with Crippen molar-refractivity contribution < 1.29 is 9.59 Å². The van der Waals surface area contributed by atoms with E-state index in [0.29, 0.717) is 17.2 Å². The molecule has 0 saturated heterocycles. The number of hydrogen-bond donors (Lipinski definition) is 3. The molecule has 0 aliphatic carbocycles. The molecule has 0 aliphatic rings. The predicted molar refractivity (Wildman–Crippen MR) is 109 cm³/mol. The lowest BCUT2D eigenvalue weighted by atomic mass is 10.1. The van der Waals surface area contributed by atoms with Crippen molar-refractivity contribution in [1.82, 2.24) is 9.97 Å². The number of aromatic nitrogens is 2. The van der Waals surface area contributed by atoms with Gasteiger partial charge in [0.1, 0.15) is 17.8 Å². The van der Waals surface area contributed by atoms with Gasteiger partial charge >= 0.3 is 0 Å².